The lowest BCUT2D eigenvalue weighted by Crippen LogP contribution is -2.38. The molecule has 0 amide bonds. The number of ether oxygens (including phenoxy) is 2. The minimum absolute atomic E-state index is 0. The molecule has 0 aromatic heterocycles. The van der Waals surface area contributed by atoms with Crippen LogP contribution in [0.15, 0.2) is 47.5 Å². The van der Waals surface area contributed by atoms with E-state index in [0.29, 0.717) is 18.7 Å². The summed E-state index contributed by atoms with van der Waals surface area (Å²) < 4.78 is 10.8. The Morgan fingerprint density at radius 2 is 2.00 bits per heavy atom. The molecular formula is C20H23IN4O2. The van der Waals surface area contributed by atoms with Gasteiger partial charge in [-0.2, -0.15) is 5.26 Å². The number of guanidine groups is 1. The van der Waals surface area contributed by atoms with Gasteiger partial charge >= 0.3 is 0 Å². The van der Waals surface area contributed by atoms with Gasteiger partial charge in [0.1, 0.15) is 0 Å². The Balaban J connectivity index is 0.00000261. The van der Waals surface area contributed by atoms with Crippen LogP contribution in [-0.4, -0.2) is 31.2 Å². The molecule has 0 atom stereocenters. The van der Waals surface area contributed by atoms with Gasteiger partial charge in [-0.1, -0.05) is 18.2 Å². The van der Waals surface area contributed by atoms with Crippen LogP contribution in [0.5, 0.6) is 11.5 Å². The predicted octanol–water partition coefficient (Wildman–Crippen LogP) is 3.50. The third-order valence-electron chi connectivity index (χ3n) is 4.02. The number of aliphatic imine (C=N–C) groups is 1. The number of hydrogen-bond acceptors (Lipinski definition) is 4. The summed E-state index contributed by atoms with van der Waals surface area (Å²) in [5.74, 6) is 2.38. The third kappa shape index (κ3) is 5.50. The Morgan fingerprint density at radius 1 is 1.19 bits per heavy atom. The standard InChI is InChI=1S/C20H22N4O2.HI/c1-3-22-20(23-12-16-6-4-5-15(9-16)11-21)24(2)13-17-7-8-18-19(10-17)26-14-25-18;/h4-10H,3,12-14H2,1-2H3,(H,22,23);1H. The van der Waals surface area contributed by atoms with Crippen LogP contribution in [0.2, 0.25) is 0 Å². The molecule has 1 aliphatic heterocycles. The van der Waals surface area contributed by atoms with Gasteiger partial charge in [-0.25, -0.2) is 4.99 Å². The topological polar surface area (TPSA) is 69.9 Å². The first-order valence-electron chi connectivity index (χ1n) is 8.56. The second kappa shape index (κ2) is 10.0. The Morgan fingerprint density at radius 3 is 2.78 bits per heavy atom. The second-order valence-electron chi connectivity index (χ2n) is 6.03. The van der Waals surface area contributed by atoms with Gasteiger partial charge in [0.05, 0.1) is 18.2 Å². The summed E-state index contributed by atoms with van der Waals surface area (Å²) in [7, 11) is 2.00. The van der Waals surface area contributed by atoms with E-state index >= 15 is 0 Å². The fourth-order valence-corrected chi connectivity index (χ4v) is 2.76. The minimum Gasteiger partial charge on any atom is -0.454 e. The smallest absolute Gasteiger partial charge is 0.231 e. The summed E-state index contributed by atoms with van der Waals surface area (Å²) >= 11 is 0. The predicted molar refractivity (Wildman–Crippen MR) is 115 cm³/mol. The highest BCUT2D eigenvalue weighted by Crippen LogP contribution is 2.32. The number of fused-ring (bicyclic) bond motifs is 1. The Bertz CT molecular complexity index is 848. The maximum Gasteiger partial charge on any atom is 0.231 e. The van der Waals surface area contributed by atoms with Crippen molar-refractivity contribution in [3.05, 3.63) is 59.2 Å². The lowest BCUT2D eigenvalue weighted by atomic mass is 10.1. The number of nitrogens with zero attached hydrogens (tertiary/aromatic N) is 3. The van der Waals surface area contributed by atoms with Crippen molar-refractivity contribution in [3.8, 4) is 17.6 Å². The molecule has 7 heteroatoms. The van der Waals surface area contributed by atoms with Crippen molar-refractivity contribution in [2.45, 2.75) is 20.0 Å². The summed E-state index contributed by atoms with van der Waals surface area (Å²) in [6.07, 6.45) is 0. The molecule has 6 nitrogen and oxygen atoms in total. The molecule has 2 aromatic carbocycles. The van der Waals surface area contributed by atoms with Gasteiger partial charge in [0.2, 0.25) is 6.79 Å². The molecule has 0 saturated heterocycles. The lowest BCUT2D eigenvalue weighted by molar-refractivity contribution is 0.174. The average molecular weight is 478 g/mol. The number of halogens is 1. The van der Waals surface area contributed by atoms with E-state index in [1.165, 1.54) is 0 Å². The molecule has 3 rings (SSSR count). The van der Waals surface area contributed by atoms with Gasteiger partial charge < -0.3 is 19.7 Å². The molecule has 0 bridgehead atoms. The van der Waals surface area contributed by atoms with E-state index in [1.54, 1.807) is 6.07 Å². The van der Waals surface area contributed by atoms with Crippen LogP contribution in [-0.2, 0) is 13.1 Å². The molecule has 1 N–H and O–H groups in total. The Labute approximate surface area is 176 Å². The number of benzene rings is 2. The van der Waals surface area contributed by atoms with Crippen molar-refractivity contribution in [3.63, 3.8) is 0 Å². The van der Waals surface area contributed by atoms with E-state index in [2.05, 4.69) is 16.3 Å². The molecule has 1 aliphatic rings. The largest absolute Gasteiger partial charge is 0.454 e. The van der Waals surface area contributed by atoms with E-state index in [-0.39, 0.29) is 30.8 Å². The van der Waals surface area contributed by atoms with Crippen LogP contribution in [0.1, 0.15) is 23.6 Å². The maximum atomic E-state index is 9.02. The molecule has 2 aromatic rings. The van der Waals surface area contributed by atoms with E-state index in [4.69, 9.17) is 19.7 Å². The average Bonchev–Trinajstić information content (AvgIpc) is 3.13. The molecule has 142 valence electrons. The van der Waals surface area contributed by atoms with Crippen molar-refractivity contribution < 1.29 is 9.47 Å². The number of nitrogens with one attached hydrogen (secondary N) is 1. The van der Waals surface area contributed by atoms with Crippen molar-refractivity contribution >= 4 is 29.9 Å². The first-order valence-corrected chi connectivity index (χ1v) is 8.56. The summed E-state index contributed by atoms with van der Waals surface area (Å²) in [5, 5.41) is 12.3. The summed E-state index contributed by atoms with van der Waals surface area (Å²) in [6.45, 7) is 4.31. The van der Waals surface area contributed by atoms with E-state index in [9.17, 15) is 0 Å². The zero-order chi connectivity index (χ0) is 18.4. The van der Waals surface area contributed by atoms with Gasteiger partial charge in [-0.05, 0) is 42.3 Å². The van der Waals surface area contributed by atoms with Gasteiger partial charge in [0.25, 0.3) is 0 Å². The lowest BCUT2D eigenvalue weighted by Gasteiger charge is -2.22. The zero-order valence-corrected chi connectivity index (χ0v) is 17.8. The van der Waals surface area contributed by atoms with Crippen molar-refractivity contribution in [2.75, 3.05) is 20.4 Å². The normalized spacial score (nSPS) is 12.1. The Hall–Kier alpha value is -2.47. The van der Waals surface area contributed by atoms with Crippen molar-refractivity contribution in [2.24, 2.45) is 4.99 Å². The van der Waals surface area contributed by atoms with Crippen LogP contribution < -0.4 is 14.8 Å². The van der Waals surface area contributed by atoms with Gasteiger partial charge in [-0.3, -0.25) is 0 Å². The van der Waals surface area contributed by atoms with Crippen LogP contribution >= 0.6 is 24.0 Å². The quantitative estimate of drug-likeness (QED) is 0.405. The highest BCUT2D eigenvalue weighted by molar-refractivity contribution is 14.0. The number of hydrogen-bond donors (Lipinski definition) is 1. The molecule has 1 heterocycles. The van der Waals surface area contributed by atoms with Gasteiger partial charge in [0, 0.05) is 20.1 Å². The number of nitriles is 1. The number of rotatable bonds is 5. The van der Waals surface area contributed by atoms with Gasteiger partial charge in [-0.15, -0.1) is 24.0 Å². The highest BCUT2D eigenvalue weighted by Gasteiger charge is 2.14. The minimum atomic E-state index is 0. The molecule has 0 unspecified atom stereocenters. The summed E-state index contributed by atoms with van der Waals surface area (Å²) in [6, 6.07) is 15.6. The maximum absolute atomic E-state index is 9.02. The van der Waals surface area contributed by atoms with E-state index in [1.807, 2.05) is 50.4 Å². The van der Waals surface area contributed by atoms with E-state index < -0.39 is 0 Å². The molecular weight excluding hydrogens is 455 g/mol. The molecule has 27 heavy (non-hydrogen) atoms. The molecule has 0 aliphatic carbocycles. The van der Waals surface area contributed by atoms with Crippen LogP contribution in [0.25, 0.3) is 0 Å². The summed E-state index contributed by atoms with van der Waals surface area (Å²) in [4.78, 5) is 6.76. The molecule has 0 fully saturated rings. The van der Waals surface area contributed by atoms with Crippen LogP contribution in [0, 0.1) is 11.3 Å². The Kier molecular flexibility index (Phi) is 7.73. The second-order valence-corrected chi connectivity index (χ2v) is 6.03. The zero-order valence-electron chi connectivity index (χ0n) is 15.4. The first-order chi connectivity index (χ1) is 12.7. The van der Waals surface area contributed by atoms with Crippen molar-refractivity contribution in [1.29, 1.82) is 5.26 Å². The van der Waals surface area contributed by atoms with Crippen LogP contribution in [0.3, 0.4) is 0 Å². The molecule has 0 spiro atoms. The monoisotopic (exact) mass is 478 g/mol. The fourth-order valence-electron chi connectivity index (χ4n) is 2.76. The van der Waals surface area contributed by atoms with E-state index in [0.717, 1.165) is 35.1 Å². The molecule has 0 radical (unpaired) electrons. The van der Waals surface area contributed by atoms with Crippen molar-refractivity contribution in [1.82, 2.24) is 10.2 Å². The van der Waals surface area contributed by atoms with Gasteiger partial charge in [0.15, 0.2) is 17.5 Å². The SMILES string of the molecule is CCNC(=NCc1cccc(C#N)c1)N(C)Cc1ccc2c(c1)OCO2.I. The first kappa shape index (κ1) is 20.8. The summed E-state index contributed by atoms with van der Waals surface area (Å²) in [5.41, 5.74) is 2.78. The molecule has 0 saturated carbocycles. The highest BCUT2D eigenvalue weighted by atomic mass is 127. The third-order valence-corrected chi connectivity index (χ3v) is 4.02. The fraction of sp³-hybridized carbons (Fsp3) is 0.300. The van der Waals surface area contributed by atoms with Crippen LogP contribution in [0.4, 0.5) is 0 Å².